The summed E-state index contributed by atoms with van der Waals surface area (Å²) in [5.74, 6) is -1.02. The zero-order chi connectivity index (χ0) is 27.9. The lowest BCUT2D eigenvalue weighted by molar-refractivity contribution is -0.137. The third-order valence-electron chi connectivity index (χ3n) is 4.77. The van der Waals surface area contributed by atoms with Gasteiger partial charge in [-0.3, -0.25) is 15.0 Å². The highest BCUT2D eigenvalue weighted by molar-refractivity contribution is 7.91. The molecule has 17 heteroatoms. The summed E-state index contributed by atoms with van der Waals surface area (Å²) in [6.07, 6.45) is -2.39. The van der Waals surface area contributed by atoms with Gasteiger partial charge in [0.25, 0.3) is 15.9 Å². The molecule has 0 aliphatic rings. The van der Waals surface area contributed by atoms with Gasteiger partial charge < -0.3 is 16.4 Å². The van der Waals surface area contributed by atoms with Gasteiger partial charge in [0.1, 0.15) is 15.8 Å². The van der Waals surface area contributed by atoms with E-state index in [4.69, 9.17) is 17.3 Å². The Bertz CT molecular complexity index is 1420. The maximum atomic E-state index is 12.7. The van der Waals surface area contributed by atoms with Crippen molar-refractivity contribution in [2.45, 2.75) is 29.8 Å². The largest absolute Gasteiger partial charge is 0.417 e. The van der Waals surface area contributed by atoms with E-state index >= 15 is 0 Å². The molecule has 0 aliphatic carbocycles. The first kappa shape index (κ1) is 29.1. The quantitative estimate of drug-likeness (QED) is 0.167. The number of nitrogens with two attached hydrogens (primary N) is 1. The lowest BCUT2D eigenvalue weighted by Gasteiger charge is -2.11. The fraction of sp³-hybridized carbons (Fsp3) is 0.238. The second kappa shape index (κ2) is 12.4. The summed E-state index contributed by atoms with van der Waals surface area (Å²) in [7, 11) is -4.07. The molecule has 0 unspecified atom stereocenters. The Morgan fingerprint density at radius 3 is 2.61 bits per heavy atom. The molecule has 0 fully saturated rings. The number of rotatable bonds is 11. The van der Waals surface area contributed by atoms with Gasteiger partial charge in [0.2, 0.25) is 5.91 Å². The number of sulfonamides is 1. The minimum Gasteiger partial charge on any atom is -0.383 e. The van der Waals surface area contributed by atoms with E-state index < -0.39 is 33.6 Å². The van der Waals surface area contributed by atoms with Crippen molar-refractivity contribution in [3.8, 4) is 0 Å². The topological polar surface area (TPSA) is 168 Å². The van der Waals surface area contributed by atoms with Crippen LogP contribution in [0.2, 0.25) is 5.02 Å². The van der Waals surface area contributed by atoms with E-state index in [1.807, 2.05) is 4.83 Å². The third kappa shape index (κ3) is 8.01. The molecule has 3 rings (SSSR count). The number of halogens is 4. The molecule has 0 saturated carbocycles. The Labute approximate surface area is 224 Å². The fourth-order valence-electron chi connectivity index (χ4n) is 2.89. The van der Waals surface area contributed by atoms with E-state index in [-0.39, 0.29) is 52.4 Å². The highest BCUT2D eigenvalue weighted by Gasteiger charge is 2.31. The van der Waals surface area contributed by atoms with Crippen molar-refractivity contribution in [3.63, 3.8) is 0 Å². The first-order valence-corrected chi connectivity index (χ1v) is 13.4. The van der Waals surface area contributed by atoms with Gasteiger partial charge in [-0.05, 0) is 36.8 Å². The highest BCUT2D eigenvalue weighted by atomic mass is 35.5. The summed E-state index contributed by atoms with van der Waals surface area (Å²) in [5.41, 5.74) is 6.95. The van der Waals surface area contributed by atoms with Crippen LogP contribution in [0.1, 0.15) is 33.6 Å². The number of hydrogen-bond donors (Lipinski definition) is 5. The maximum Gasteiger partial charge on any atom is 0.417 e. The number of carbonyl (C=O) groups excluding carboxylic acids is 2. The molecule has 3 aromatic heterocycles. The van der Waals surface area contributed by atoms with Crippen LogP contribution in [-0.2, 0) is 27.5 Å². The molecule has 0 radical (unpaired) electrons. The van der Waals surface area contributed by atoms with Crippen LogP contribution >= 0.6 is 22.9 Å². The summed E-state index contributed by atoms with van der Waals surface area (Å²) in [5, 5.41) is 5.11. The van der Waals surface area contributed by atoms with Gasteiger partial charge in [0.15, 0.2) is 0 Å². The minimum absolute atomic E-state index is 0.0226. The predicted molar refractivity (Wildman–Crippen MR) is 135 cm³/mol. The van der Waals surface area contributed by atoms with Gasteiger partial charge >= 0.3 is 6.18 Å². The molecule has 204 valence electrons. The Kier molecular flexibility index (Phi) is 9.48. The van der Waals surface area contributed by atoms with E-state index in [1.165, 1.54) is 24.4 Å². The third-order valence-corrected chi connectivity index (χ3v) is 7.89. The molecule has 3 heterocycles. The van der Waals surface area contributed by atoms with Gasteiger partial charge in [-0.15, -0.1) is 16.2 Å². The van der Waals surface area contributed by atoms with Crippen LogP contribution in [0, 0.1) is 0 Å². The number of nitrogen functional groups attached to an aromatic ring is 1. The summed E-state index contributed by atoms with van der Waals surface area (Å²) in [6, 6.07) is 6.64. The van der Waals surface area contributed by atoms with Crippen molar-refractivity contribution in [1.82, 2.24) is 25.5 Å². The molecule has 0 spiro atoms. The molecule has 0 bridgehead atoms. The predicted octanol–water partition coefficient (Wildman–Crippen LogP) is 2.92. The zero-order valence-corrected chi connectivity index (χ0v) is 21.7. The molecule has 11 nitrogen and oxygen atoms in total. The van der Waals surface area contributed by atoms with Gasteiger partial charge in [0, 0.05) is 30.2 Å². The number of hydrazine groups is 1. The number of nitrogens with zero attached hydrogens (tertiary/aromatic N) is 2. The van der Waals surface area contributed by atoms with E-state index in [0.717, 1.165) is 17.4 Å². The number of pyridine rings is 2. The number of thiophene rings is 1. The van der Waals surface area contributed by atoms with Crippen molar-refractivity contribution in [2.24, 2.45) is 0 Å². The molecule has 0 aromatic carbocycles. The molecular weight excluding hydrogens is 571 g/mol. The van der Waals surface area contributed by atoms with Crippen LogP contribution in [0.5, 0.6) is 0 Å². The number of anilines is 2. The fourth-order valence-corrected chi connectivity index (χ4v) is 5.27. The maximum absolute atomic E-state index is 12.7. The highest BCUT2D eigenvalue weighted by Crippen LogP contribution is 2.32. The van der Waals surface area contributed by atoms with Crippen LogP contribution in [0.4, 0.5) is 24.8 Å². The number of aromatic nitrogens is 2. The molecule has 0 saturated heterocycles. The second-order valence-corrected chi connectivity index (χ2v) is 11.1. The van der Waals surface area contributed by atoms with Crippen LogP contribution < -0.4 is 26.6 Å². The Hall–Kier alpha value is -3.47. The number of hydrogen-bond acceptors (Lipinski definition) is 9. The Morgan fingerprint density at radius 2 is 1.92 bits per heavy atom. The van der Waals surface area contributed by atoms with Crippen molar-refractivity contribution >= 4 is 56.4 Å². The van der Waals surface area contributed by atoms with Crippen LogP contribution in [0.15, 0.2) is 46.9 Å². The molecule has 3 aromatic rings. The van der Waals surface area contributed by atoms with E-state index in [1.54, 1.807) is 6.07 Å². The lowest BCUT2D eigenvalue weighted by atomic mass is 10.2. The normalized spacial score (nSPS) is 11.7. The summed E-state index contributed by atoms with van der Waals surface area (Å²) < 4.78 is 62.8. The number of amides is 2. The van der Waals surface area contributed by atoms with Crippen molar-refractivity contribution in [2.75, 3.05) is 17.6 Å². The van der Waals surface area contributed by atoms with E-state index in [9.17, 15) is 31.2 Å². The average molecular weight is 592 g/mol. The van der Waals surface area contributed by atoms with Gasteiger partial charge in [-0.25, -0.2) is 18.4 Å². The first-order valence-electron chi connectivity index (χ1n) is 10.7. The van der Waals surface area contributed by atoms with Gasteiger partial charge in [-0.1, -0.05) is 11.6 Å². The van der Waals surface area contributed by atoms with Gasteiger partial charge in [-0.2, -0.15) is 13.2 Å². The van der Waals surface area contributed by atoms with Crippen molar-refractivity contribution < 1.29 is 31.2 Å². The van der Waals surface area contributed by atoms with E-state index in [0.29, 0.717) is 11.1 Å². The number of alkyl halides is 3. The zero-order valence-electron chi connectivity index (χ0n) is 19.3. The molecular formula is C21H21ClF3N7O4S2. The van der Waals surface area contributed by atoms with Crippen LogP contribution in [0.3, 0.4) is 0 Å². The first-order chi connectivity index (χ1) is 17.9. The van der Waals surface area contributed by atoms with Crippen LogP contribution in [0.25, 0.3) is 0 Å². The Balaban J connectivity index is 1.42. The SMILES string of the molecule is Nc1ncccc1C(=O)NCc1ccc(S(=O)(=O)NNC(=O)CCCNc2ncc(C(F)(F)F)cc2Cl)s1. The smallest absolute Gasteiger partial charge is 0.383 e. The molecule has 0 atom stereocenters. The molecule has 2 amide bonds. The Morgan fingerprint density at radius 1 is 1.16 bits per heavy atom. The molecule has 38 heavy (non-hydrogen) atoms. The number of nitrogens with one attached hydrogen (secondary N) is 4. The summed E-state index contributed by atoms with van der Waals surface area (Å²) >= 11 is 6.69. The standard InChI is InChI=1S/C21H21ClF3N7O4S2/c22-15-9-12(21(23,24)25)10-29-19(15)28-8-2-4-16(33)31-32-38(35,36)17-6-5-13(37-17)11-30-20(34)14-3-1-7-27-18(14)26/h1,3,5-7,9-10,32H,2,4,8,11H2,(H2,26,27)(H,28,29)(H,30,34)(H,31,33). The minimum atomic E-state index is -4.57. The monoisotopic (exact) mass is 591 g/mol. The lowest BCUT2D eigenvalue weighted by Crippen LogP contribution is -2.41. The molecule has 6 N–H and O–H groups in total. The second-order valence-electron chi connectivity index (χ2n) is 7.58. The van der Waals surface area contributed by atoms with Crippen LogP contribution in [-0.4, -0.2) is 36.7 Å². The summed E-state index contributed by atoms with van der Waals surface area (Å²) in [6.45, 7) is 0.188. The van der Waals surface area contributed by atoms with Gasteiger partial charge in [0.05, 0.1) is 22.7 Å². The summed E-state index contributed by atoms with van der Waals surface area (Å²) in [4.78, 5) is 34.2. The van der Waals surface area contributed by atoms with Crippen molar-refractivity contribution in [3.05, 3.63) is 63.8 Å². The molecule has 0 aliphatic heterocycles. The van der Waals surface area contributed by atoms with Crippen molar-refractivity contribution in [1.29, 1.82) is 0 Å². The average Bonchev–Trinajstić information content (AvgIpc) is 3.34. The number of carbonyl (C=O) groups is 2. The van der Waals surface area contributed by atoms with E-state index in [2.05, 4.69) is 26.0 Å².